The van der Waals surface area contributed by atoms with Gasteiger partial charge in [0.15, 0.2) is 0 Å². The van der Waals surface area contributed by atoms with Gasteiger partial charge in [0, 0.05) is 5.41 Å². The van der Waals surface area contributed by atoms with Crippen molar-refractivity contribution in [1.29, 1.82) is 0 Å². The van der Waals surface area contributed by atoms with Crippen molar-refractivity contribution < 1.29 is 18.9 Å². The molecular formula is C53H88O4. The molecule has 0 saturated carbocycles. The van der Waals surface area contributed by atoms with Crippen LogP contribution in [0.25, 0.3) is 0 Å². The highest BCUT2D eigenvalue weighted by Gasteiger charge is 2.23. The molecule has 0 amide bonds. The number of rotatable bonds is 38. The highest BCUT2D eigenvalue weighted by Crippen LogP contribution is 2.33. The predicted molar refractivity (Wildman–Crippen MR) is 247 cm³/mol. The molecule has 324 valence electrons. The standard InChI is InChI=1S/C53H88O4/c1-7-43-54-47(3)33-29-25-21-17-13-9-11-15-19-23-27-31-45-56-51-39-35-49(36-40-51)53(5,6)50-37-41-52(42-38-50)57-46-32-28-24-20-16-12-10-14-18-22-26-30-34-48(4)55-44-8-2/h7-8,35-44,47-48H,9-34,45-46H2,1-6H3. The van der Waals surface area contributed by atoms with E-state index in [0.29, 0.717) is 12.2 Å². The van der Waals surface area contributed by atoms with E-state index in [9.17, 15) is 0 Å². The van der Waals surface area contributed by atoms with Crippen LogP contribution in [0.3, 0.4) is 0 Å². The Bertz CT molecular complexity index is 1140. The fourth-order valence-corrected chi connectivity index (χ4v) is 7.65. The molecule has 0 radical (unpaired) electrons. The minimum atomic E-state index is -0.0855. The first-order valence-electron chi connectivity index (χ1n) is 23.9. The maximum atomic E-state index is 6.11. The van der Waals surface area contributed by atoms with Gasteiger partial charge in [-0.3, -0.25) is 0 Å². The third kappa shape index (κ3) is 26.0. The second-order valence-corrected chi connectivity index (χ2v) is 17.3. The van der Waals surface area contributed by atoms with E-state index in [1.165, 1.54) is 165 Å². The molecule has 0 saturated heterocycles. The molecule has 0 aliphatic rings. The van der Waals surface area contributed by atoms with Crippen molar-refractivity contribution in [2.75, 3.05) is 13.2 Å². The summed E-state index contributed by atoms with van der Waals surface area (Å²) < 4.78 is 23.4. The van der Waals surface area contributed by atoms with Crippen LogP contribution in [0.2, 0.25) is 0 Å². The van der Waals surface area contributed by atoms with Crippen molar-refractivity contribution in [2.45, 2.75) is 226 Å². The smallest absolute Gasteiger partial charge is 0.119 e. The molecule has 57 heavy (non-hydrogen) atoms. The molecule has 2 rings (SSSR count). The Morgan fingerprint density at radius 2 is 0.667 bits per heavy atom. The lowest BCUT2D eigenvalue weighted by atomic mass is 9.78. The summed E-state index contributed by atoms with van der Waals surface area (Å²) >= 11 is 0. The molecule has 4 heteroatoms. The lowest BCUT2D eigenvalue weighted by Crippen LogP contribution is -2.18. The van der Waals surface area contributed by atoms with Crippen molar-refractivity contribution in [1.82, 2.24) is 0 Å². The van der Waals surface area contributed by atoms with Crippen molar-refractivity contribution >= 4 is 0 Å². The minimum Gasteiger partial charge on any atom is -0.499 e. The van der Waals surface area contributed by atoms with Gasteiger partial charge in [0.25, 0.3) is 0 Å². The third-order valence-electron chi connectivity index (χ3n) is 11.6. The predicted octanol–water partition coefficient (Wildman–Crippen LogP) is 16.8. The average Bonchev–Trinajstić information content (AvgIpc) is 3.22. The summed E-state index contributed by atoms with van der Waals surface area (Å²) in [6.07, 6.45) is 42.7. The Balaban J connectivity index is 1.44. The van der Waals surface area contributed by atoms with Crippen LogP contribution in [0.15, 0.2) is 73.2 Å². The van der Waals surface area contributed by atoms with Crippen molar-refractivity contribution in [2.24, 2.45) is 0 Å². The molecule has 0 aliphatic heterocycles. The van der Waals surface area contributed by atoms with Crippen LogP contribution in [0.5, 0.6) is 11.5 Å². The Kier molecular flexibility index (Phi) is 30.0. The van der Waals surface area contributed by atoms with Crippen LogP contribution in [0.1, 0.15) is 220 Å². The zero-order chi connectivity index (χ0) is 41.1. The first-order chi connectivity index (χ1) is 27.9. The van der Waals surface area contributed by atoms with Gasteiger partial charge in [0.05, 0.1) is 37.9 Å². The van der Waals surface area contributed by atoms with E-state index in [4.69, 9.17) is 18.9 Å². The van der Waals surface area contributed by atoms with Gasteiger partial charge in [-0.1, -0.05) is 179 Å². The van der Waals surface area contributed by atoms with E-state index in [1.807, 2.05) is 38.5 Å². The highest BCUT2D eigenvalue weighted by atomic mass is 16.5. The molecular weight excluding hydrogens is 701 g/mol. The van der Waals surface area contributed by atoms with E-state index in [1.54, 1.807) is 0 Å². The fourth-order valence-electron chi connectivity index (χ4n) is 7.65. The number of unbranched alkanes of at least 4 members (excludes halogenated alkanes) is 22. The third-order valence-corrected chi connectivity index (χ3v) is 11.6. The molecule has 0 aromatic heterocycles. The van der Waals surface area contributed by atoms with Gasteiger partial charge >= 0.3 is 0 Å². The van der Waals surface area contributed by atoms with Gasteiger partial charge in [-0.25, -0.2) is 0 Å². The van der Waals surface area contributed by atoms with Crippen molar-refractivity contribution in [3.8, 4) is 11.5 Å². The van der Waals surface area contributed by atoms with Gasteiger partial charge in [0.1, 0.15) is 11.5 Å². The van der Waals surface area contributed by atoms with Crippen LogP contribution in [0.4, 0.5) is 0 Å². The Morgan fingerprint density at radius 1 is 0.404 bits per heavy atom. The minimum absolute atomic E-state index is 0.0855. The van der Waals surface area contributed by atoms with Crippen LogP contribution < -0.4 is 9.47 Å². The highest BCUT2D eigenvalue weighted by molar-refractivity contribution is 5.41. The van der Waals surface area contributed by atoms with E-state index in [0.717, 1.165) is 37.6 Å². The summed E-state index contributed by atoms with van der Waals surface area (Å²) in [5.74, 6) is 1.95. The molecule has 0 fully saturated rings. The molecule has 0 spiro atoms. The van der Waals surface area contributed by atoms with Gasteiger partial charge in [-0.05, 0) is 102 Å². The van der Waals surface area contributed by atoms with Gasteiger partial charge < -0.3 is 18.9 Å². The summed E-state index contributed by atoms with van der Waals surface area (Å²) in [5, 5.41) is 0. The summed E-state index contributed by atoms with van der Waals surface area (Å²) in [5.41, 5.74) is 2.52. The first kappa shape index (κ1) is 50.3. The van der Waals surface area contributed by atoms with Crippen LogP contribution in [0, 0.1) is 0 Å². The van der Waals surface area contributed by atoms with E-state index < -0.39 is 0 Å². The Hall–Kier alpha value is -2.88. The quantitative estimate of drug-likeness (QED) is 0.0502. The zero-order valence-electron chi connectivity index (χ0n) is 38.0. The fraction of sp³-hybridized carbons (Fsp3) is 0.698. The molecule has 2 unspecified atom stereocenters. The summed E-state index contributed by atoms with van der Waals surface area (Å²) in [4.78, 5) is 0. The average molecular weight is 789 g/mol. The van der Waals surface area contributed by atoms with Gasteiger partial charge in [0.2, 0.25) is 0 Å². The molecule has 0 aliphatic carbocycles. The number of ether oxygens (including phenoxy) is 4. The monoisotopic (exact) mass is 789 g/mol. The van der Waals surface area contributed by atoms with Crippen LogP contribution in [-0.4, -0.2) is 25.4 Å². The summed E-state index contributed by atoms with van der Waals surface area (Å²) in [6, 6.07) is 17.5. The zero-order valence-corrected chi connectivity index (χ0v) is 38.0. The second-order valence-electron chi connectivity index (χ2n) is 17.3. The largest absolute Gasteiger partial charge is 0.499 e. The van der Waals surface area contributed by atoms with E-state index in [-0.39, 0.29) is 5.41 Å². The molecule has 0 bridgehead atoms. The lowest BCUT2D eigenvalue weighted by Gasteiger charge is -2.26. The molecule has 2 aromatic carbocycles. The molecule has 4 nitrogen and oxygen atoms in total. The molecule has 2 aromatic rings. The molecule has 0 heterocycles. The summed E-state index contributed by atoms with van der Waals surface area (Å²) in [6.45, 7) is 14.6. The van der Waals surface area contributed by atoms with Gasteiger partial charge in [-0.2, -0.15) is 0 Å². The Morgan fingerprint density at radius 3 is 0.947 bits per heavy atom. The van der Waals surface area contributed by atoms with Crippen molar-refractivity contribution in [3.63, 3.8) is 0 Å². The number of hydrogen-bond donors (Lipinski definition) is 0. The van der Waals surface area contributed by atoms with Gasteiger partial charge in [-0.15, -0.1) is 0 Å². The molecule has 0 N–H and O–H groups in total. The number of hydrogen-bond acceptors (Lipinski definition) is 4. The lowest BCUT2D eigenvalue weighted by molar-refractivity contribution is 0.149. The first-order valence-corrected chi connectivity index (χ1v) is 23.9. The van der Waals surface area contributed by atoms with Crippen molar-refractivity contribution in [3.05, 3.63) is 84.3 Å². The summed E-state index contributed by atoms with van der Waals surface area (Å²) in [7, 11) is 0. The van der Waals surface area contributed by atoms with E-state index >= 15 is 0 Å². The van der Waals surface area contributed by atoms with Crippen LogP contribution in [-0.2, 0) is 14.9 Å². The number of benzene rings is 2. The number of allylic oxidation sites excluding steroid dienone is 2. The maximum absolute atomic E-state index is 6.11. The topological polar surface area (TPSA) is 36.9 Å². The Labute approximate surface area is 353 Å². The SMILES string of the molecule is CC=COC(C)CCCCCCCCCCCCCCOc1ccc(C(C)(C)c2ccc(OCCCCCCCCCCCCCCC(C)OC=CC)cc2)cc1. The molecule has 2 atom stereocenters. The maximum Gasteiger partial charge on any atom is 0.119 e. The second kappa shape index (κ2) is 34.0. The van der Waals surface area contributed by atoms with E-state index in [2.05, 4.69) is 76.2 Å². The van der Waals surface area contributed by atoms with Crippen LogP contribution >= 0.6 is 0 Å². The normalized spacial score (nSPS) is 13.0.